The van der Waals surface area contributed by atoms with Gasteiger partial charge in [-0.2, -0.15) is 0 Å². The minimum atomic E-state index is 0.563. The van der Waals surface area contributed by atoms with Gasteiger partial charge in [-0.3, -0.25) is 4.40 Å². The number of aromatic nitrogens is 2. The topological polar surface area (TPSA) is 32.6 Å². The molecule has 0 saturated carbocycles. The molecule has 0 aromatic carbocycles. The summed E-state index contributed by atoms with van der Waals surface area (Å²) < 4.78 is 3.19. The van der Waals surface area contributed by atoms with Crippen LogP contribution in [0.4, 0.5) is 5.82 Å². The highest BCUT2D eigenvalue weighted by molar-refractivity contribution is 9.10. The summed E-state index contributed by atoms with van der Waals surface area (Å²) in [6, 6.07) is 6.88. The van der Waals surface area contributed by atoms with Crippen molar-refractivity contribution in [2.45, 2.75) is 25.3 Å². The molecule has 0 bridgehead atoms. The van der Waals surface area contributed by atoms with E-state index in [1.54, 1.807) is 0 Å². The number of nitrogens with one attached hydrogen (secondary N) is 1. The van der Waals surface area contributed by atoms with Gasteiger partial charge in [-0.15, -0.1) is 0 Å². The van der Waals surface area contributed by atoms with Crippen LogP contribution in [-0.2, 0) is 6.42 Å². The average Bonchev–Trinajstić information content (AvgIpc) is 2.99. The van der Waals surface area contributed by atoms with E-state index in [0.717, 1.165) is 28.9 Å². The zero-order valence-corrected chi connectivity index (χ0v) is 12.9. The maximum Gasteiger partial charge on any atom is 0.132 e. The molecular weight excluding hydrogens is 304 g/mol. The van der Waals surface area contributed by atoms with Crippen LogP contribution in [0.25, 0.3) is 5.52 Å². The van der Waals surface area contributed by atoms with Gasteiger partial charge in [0, 0.05) is 26.6 Å². The lowest BCUT2D eigenvalue weighted by Gasteiger charge is -2.17. The molecule has 0 radical (unpaired) electrons. The van der Waals surface area contributed by atoms with Gasteiger partial charge < -0.3 is 10.2 Å². The minimum absolute atomic E-state index is 0.563. The van der Waals surface area contributed by atoms with Crippen LogP contribution in [0.3, 0.4) is 0 Å². The van der Waals surface area contributed by atoms with Crippen LogP contribution >= 0.6 is 15.9 Å². The van der Waals surface area contributed by atoms with E-state index in [9.17, 15) is 0 Å². The third kappa shape index (κ3) is 2.37. The van der Waals surface area contributed by atoms with E-state index in [1.165, 1.54) is 18.7 Å². The first-order valence-electron chi connectivity index (χ1n) is 6.73. The van der Waals surface area contributed by atoms with Gasteiger partial charge in [0.1, 0.15) is 16.2 Å². The van der Waals surface area contributed by atoms with Gasteiger partial charge in [0.15, 0.2) is 0 Å². The van der Waals surface area contributed by atoms with Crippen molar-refractivity contribution in [3.63, 3.8) is 0 Å². The number of imidazole rings is 1. The zero-order chi connectivity index (χ0) is 13.4. The Morgan fingerprint density at radius 2 is 2.32 bits per heavy atom. The number of halogens is 1. The molecule has 19 heavy (non-hydrogen) atoms. The van der Waals surface area contributed by atoms with Crippen LogP contribution in [-0.4, -0.2) is 36.1 Å². The summed E-state index contributed by atoms with van der Waals surface area (Å²) in [4.78, 5) is 6.84. The molecule has 2 aromatic rings. The molecule has 3 rings (SSSR count). The van der Waals surface area contributed by atoms with Crippen LogP contribution < -0.4 is 10.2 Å². The summed E-state index contributed by atoms with van der Waals surface area (Å²) in [5, 5.41) is 3.55. The molecule has 0 aliphatic carbocycles. The van der Waals surface area contributed by atoms with E-state index in [2.05, 4.69) is 62.8 Å². The lowest BCUT2D eigenvalue weighted by atomic mass is 10.1. The number of hydrogen-bond acceptors (Lipinski definition) is 3. The highest BCUT2D eigenvalue weighted by Crippen LogP contribution is 2.26. The molecule has 1 aliphatic rings. The number of nitrogens with zero attached hydrogens (tertiary/aromatic N) is 3. The molecule has 1 aliphatic heterocycles. The Kier molecular flexibility index (Phi) is 3.50. The summed E-state index contributed by atoms with van der Waals surface area (Å²) in [7, 11) is 4.14. The highest BCUT2D eigenvalue weighted by Gasteiger charge is 2.19. The Bertz CT molecular complexity index is 584. The standard InChI is InChI=1S/C14H19BrN4/c1-18(2)13-7-3-6-11-14(15)17-12(19(11)13)9-10-5-4-8-16-10/h3,6-7,10,16H,4-5,8-9H2,1-2H3. The maximum atomic E-state index is 4.71. The van der Waals surface area contributed by atoms with E-state index in [0.29, 0.717) is 6.04 Å². The lowest BCUT2D eigenvalue weighted by molar-refractivity contribution is 0.584. The number of fused-ring (bicyclic) bond motifs is 1. The van der Waals surface area contributed by atoms with Crippen molar-refractivity contribution < 1.29 is 0 Å². The van der Waals surface area contributed by atoms with E-state index in [1.807, 2.05) is 0 Å². The fourth-order valence-corrected chi connectivity index (χ4v) is 3.30. The van der Waals surface area contributed by atoms with Crippen LogP contribution in [0.1, 0.15) is 18.7 Å². The Morgan fingerprint density at radius 1 is 1.47 bits per heavy atom. The zero-order valence-electron chi connectivity index (χ0n) is 11.4. The normalized spacial score (nSPS) is 19.2. The average molecular weight is 323 g/mol. The lowest BCUT2D eigenvalue weighted by Crippen LogP contribution is -2.25. The molecular formula is C14H19BrN4. The summed E-state index contributed by atoms with van der Waals surface area (Å²) in [5.74, 6) is 2.30. The molecule has 1 fully saturated rings. The van der Waals surface area contributed by atoms with Crippen molar-refractivity contribution in [1.29, 1.82) is 0 Å². The summed E-state index contributed by atoms with van der Waals surface area (Å²) >= 11 is 3.58. The van der Waals surface area contributed by atoms with Crippen molar-refractivity contribution in [3.8, 4) is 0 Å². The first kappa shape index (κ1) is 12.9. The third-order valence-electron chi connectivity index (χ3n) is 3.72. The van der Waals surface area contributed by atoms with Crippen LogP contribution in [0.2, 0.25) is 0 Å². The Hall–Kier alpha value is -1.07. The van der Waals surface area contributed by atoms with Crippen molar-refractivity contribution in [1.82, 2.24) is 14.7 Å². The SMILES string of the molecule is CN(C)c1cccc2c(Br)nc(CC3CCCN3)n12. The summed E-state index contributed by atoms with van der Waals surface area (Å²) in [6.45, 7) is 1.13. The molecule has 4 nitrogen and oxygen atoms in total. The Morgan fingerprint density at radius 3 is 3.00 bits per heavy atom. The van der Waals surface area contributed by atoms with Crippen molar-refractivity contribution in [2.24, 2.45) is 0 Å². The van der Waals surface area contributed by atoms with E-state index < -0.39 is 0 Å². The second-order valence-corrected chi connectivity index (χ2v) is 6.07. The van der Waals surface area contributed by atoms with E-state index in [-0.39, 0.29) is 0 Å². The Labute approximate surface area is 121 Å². The maximum absolute atomic E-state index is 4.71. The van der Waals surface area contributed by atoms with Crippen LogP contribution in [0, 0.1) is 0 Å². The molecule has 0 spiro atoms. The second kappa shape index (κ2) is 5.13. The largest absolute Gasteiger partial charge is 0.364 e. The molecule has 1 unspecified atom stereocenters. The molecule has 0 amide bonds. The summed E-state index contributed by atoms with van der Waals surface area (Å²) in [6.07, 6.45) is 3.50. The smallest absolute Gasteiger partial charge is 0.132 e. The molecule has 1 saturated heterocycles. The van der Waals surface area contributed by atoms with Gasteiger partial charge in [0.05, 0.1) is 5.52 Å². The monoisotopic (exact) mass is 322 g/mol. The third-order valence-corrected chi connectivity index (χ3v) is 4.30. The molecule has 5 heteroatoms. The number of hydrogen-bond donors (Lipinski definition) is 1. The molecule has 2 aromatic heterocycles. The molecule has 1 atom stereocenters. The Balaban J connectivity index is 2.07. The van der Waals surface area contributed by atoms with Crippen LogP contribution in [0.15, 0.2) is 22.8 Å². The number of rotatable bonds is 3. The van der Waals surface area contributed by atoms with Gasteiger partial charge in [-0.25, -0.2) is 4.98 Å². The van der Waals surface area contributed by atoms with Gasteiger partial charge in [0.25, 0.3) is 0 Å². The molecule has 102 valence electrons. The van der Waals surface area contributed by atoms with Crippen LogP contribution in [0.5, 0.6) is 0 Å². The quantitative estimate of drug-likeness (QED) is 0.942. The molecule has 3 heterocycles. The van der Waals surface area contributed by atoms with E-state index >= 15 is 0 Å². The number of pyridine rings is 1. The molecule has 1 N–H and O–H groups in total. The first-order valence-corrected chi connectivity index (χ1v) is 7.52. The fourth-order valence-electron chi connectivity index (χ4n) is 2.79. The second-order valence-electron chi connectivity index (χ2n) is 5.32. The van der Waals surface area contributed by atoms with Crippen molar-refractivity contribution >= 4 is 27.3 Å². The van der Waals surface area contributed by atoms with Crippen molar-refractivity contribution in [3.05, 3.63) is 28.6 Å². The number of anilines is 1. The first-order chi connectivity index (χ1) is 9.16. The van der Waals surface area contributed by atoms with Gasteiger partial charge in [-0.05, 0) is 47.4 Å². The predicted octanol–water partition coefficient (Wildman–Crippen LogP) is 2.46. The summed E-state index contributed by atoms with van der Waals surface area (Å²) in [5.41, 5.74) is 1.14. The fraction of sp³-hybridized carbons (Fsp3) is 0.500. The van der Waals surface area contributed by atoms with Gasteiger partial charge in [0.2, 0.25) is 0 Å². The van der Waals surface area contributed by atoms with Gasteiger partial charge in [-0.1, -0.05) is 6.07 Å². The highest BCUT2D eigenvalue weighted by atomic mass is 79.9. The van der Waals surface area contributed by atoms with Gasteiger partial charge >= 0.3 is 0 Å². The minimum Gasteiger partial charge on any atom is -0.364 e. The van der Waals surface area contributed by atoms with E-state index in [4.69, 9.17) is 4.98 Å². The predicted molar refractivity (Wildman–Crippen MR) is 81.9 cm³/mol. The van der Waals surface area contributed by atoms with Crippen molar-refractivity contribution in [2.75, 3.05) is 25.5 Å².